The predicted octanol–water partition coefficient (Wildman–Crippen LogP) is 5.44. The zero-order valence-electron chi connectivity index (χ0n) is 16.8. The van der Waals surface area contributed by atoms with Crippen molar-refractivity contribution in [2.45, 2.75) is 20.8 Å². The fourth-order valence-electron chi connectivity index (χ4n) is 3.89. The van der Waals surface area contributed by atoms with Crippen LogP contribution in [-0.2, 0) is 0 Å². The van der Waals surface area contributed by atoms with Crippen molar-refractivity contribution in [3.05, 3.63) is 71.4 Å². The lowest BCUT2D eigenvalue weighted by atomic mass is 10.00. The minimum Gasteiger partial charge on any atom is -0.486 e. The number of hydrogen-bond donors (Lipinski definition) is 1. The van der Waals surface area contributed by atoms with Gasteiger partial charge in [-0.1, -0.05) is 24.3 Å². The lowest BCUT2D eigenvalue weighted by Gasteiger charge is -2.19. The number of anilines is 2. The van der Waals surface area contributed by atoms with Crippen LogP contribution in [0.5, 0.6) is 11.5 Å². The SMILES string of the molecule is Cc1ccc2nc(-c3c(C)cccc3C)c(Nc3ccc4c(c3)OCCO4)n2c1. The number of ether oxygens (including phenoxy) is 2. The van der Waals surface area contributed by atoms with Gasteiger partial charge < -0.3 is 14.8 Å². The lowest BCUT2D eigenvalue weighted by molar-refractivity contribution is 0.171. The second-order valence-corrected chi connectivity index (χ2v) is 7.49. The van der Waals surface area contributed by atoms with Gasteiger partial charge in [0, 0.05) is 23.5 Å². The van der Waals surface area contributed by atoms with E-state index < -0.39 is 0 Å². The van der Waals surface area contributed by atoms with Crippen molar-refractivity contribution in [1.82, 2.24) is 9.38 Å². The van der Waals surface area contributed by atoms with Crippen molar-refractivity contribution in [3.8, 4) is 22.8 Å². The summed E-state index contributed by atoms with van der Waals surface area (Å²) in [7, 11) is 0. The summed E-state index contributed by atoms with van der Waals surface area (Å²) in [6.45, 7) is 7.50. The van der Waals surface area contributed by atoms with Gasteiger partial charge in [0.2, 0.25) is 0 Å². The molecule has 2 aromatic carbocycles. The van der Waals surface area contributed by atoms with E-state index in [-0.39, 0.29) is 0 Å². The highest BCUT2D eigenvalue weighted by Crippen LogP contribution is 2.38. The molecule has 2 aromatic heterocycles. The number of pyridine rings is 1. The number of rotatable bonds is 3. The highest BCUT2D eigenvalue weighted by Gasteiger charge is 2.19. The van der Waals surface area contributed by atoms with E-state index in [2.05, 4.69) is 67.0 Å². The van der Waals surface area contributed by atoms with Gasteiger partial charge in [-0.25, -0.2) is 4.98 Å². The number of aryl methyl sites for hydroxylation is 3. The Balaban J connectivity index is 1.68. The molecule has 0 spiro atoms. The standard InChI is InChI=1S/C24H23N3O2/c1-15-7-10-21-26-23(22-16(2)5-4-6-17(22)3)24(27(21)14-15)25-18-8-9-19-20(13-18)29-12-11-28-19/h4-10,13-14,25H,11-12H2,1-3H3. The molecule has 146 valence electrons. The second-order valence-electron chi connectivity index (χ2n) is 7.49. The van der Waals surface area contributed by atoms with Gasteiger partial charge >= 0.3 is 0 Å². The molecule has 0 aliphatic carbocycles. The molecule has 0 radical (unpaired) electrons. The number of aromatic nitrogens is 2. The predicted molar refractivity (Wildman–Crippen MR) is 116 cm³/mol. The number of benzene rings is 2. The van der Waals surface area contributed by atoms with Gasteiger partial charge in [-0.15, -0.1) is 0 Å². The first-order valence-electron chi connectivity index (χ1n) is 9.82. The number of imidazole rings is 1. The maximum Gasteiger partial charge on any atom is 0.163 e. The third-order valence-corrected chi connectivity index (χ3v) is 5.29. The van der Waals surface area contributed by atoms with Gasteiger partial charge in [-0.2, -0.15) is 0 Å². The summed E-state index contributed by atoms with van der Waals surface area (Å²) in [6.07, 6.45) is 2.11. The molecule has 5 nitrogen and oxygen atoms in total. The van der Waals surface area contributed by atoms with E-state index >= 15 is 0 Å². The molecular weight excluding hydrogens is 362 g/mol. The normalized spacial score (nSPS) is 12.9. The summed E-state index contributed by atoms with van der Waals surface area (Å²) in [6, 6.07) is 16.4. The third kappa shape index (κ3) is 3.09. The summed E-state index contributed by atoms with van der Waals surface area (Å²) in [5.41, 5.74) is 7.53. The molecule has 5 rings (SSSR count). The van der Waals surface area contributed by atoms with Crippen molar-refractivity contribution in [2.24, 2.45) is 0 Å². The average Bonchev–Trinajstić information content (AvgIpc) is 3.05. The van der Waals surface area contributed by atoms with E-state index in [9.17, 15) is 0 Å². The fraction of sp³-hybridized carbons (Fsp3) is 0.208. The molecule has 0 fully saturated rings. The Hall–Kier alpha value is -3.47. The van der Waals surface area contributed by atoms with E-state index in [0.29, 0.717) is 13.2 Å². The first-order chi connectivity index (χ1) is 14.1. The Morgan fingerprint density at radius 2 is 1.66 bits per heavy atom. The van der Waals surface area contributed by atoms with Gasteiger partial charge in [0.1, 0.15) is 30.4 Å². The van der Waals surface area contributed by atoms with Gasteiger partial charge in [0.25, 0.3) is 0 Å². The molecule has 5 heteroatoms. The van der Waals surface area contributed by atoms with Crippen LogP contribution in [0.15, 0.2) is 54.7 Å². The molecule has 0 unspecified atom stereocenters. The summed E-state index contributed by atoms with van der Waals surface area (Å²) in [5, 5.41) is 3.59. The summed E-state index contributed by atoms with van der Waals surface area (Å²) >= 11 is 0. The van der Waals surface area contributed by atoms with Crippen molar-refractivity contribution in [2.75, 3.05) is 18.5 Å². The van der Waals surface area contributed by atoms with E-state index in [0.717, 1.165) is 39.9 Å². The highest BCUT2D eigenvalue weighted by molar-refractivity contribution is 5.83. The molecular formula is C24H23N3O2. The molecule has 0 bridgehead atoms. The Labute approximate surface area is 169 Å². The highest BCUT2D eigenvalue weighted by atomic mass is 16.6. The summed E-state index contributed by atoms with van der Waals surface area (Å²) in [4.78, 5) is 4.97. The molecule has 1 aliphatic rings. The van der Waals surface area contributed by atoms with Gasteiger partial charge in [-0.05, 0) is 55.7 Å². The third-order valence-electron chi connectivity index (χ3n) is 5.29. The Morgan fingerprint density at radius 3 is 2.45 bits per heavy atom. The monoisotopic (exact) mass is 385 g/mol. The van der Waals surface area contributed by atoms with E-state index in [4.69, 9.17) is 14.5 Å². The summed E-state index contributed by atoms with van der Waals surface area (Å²) < 4.78 is 13.5. The van der Waals surface area contributed by atoms with Crippen LogP contribution in [0.2, 0.25) is 0 Å². The van der Waals surface area contributed by atoms with Crippen LogP contribution in [0.1, 0.15) is 16.7 Å². The van der Waals surface area contributed by atoms with Crippen LogP contribution in [0, 0.1) is 20.8 Å². The van der Waals surface area contributed by atoms with Crippen LogP contribution >= 0.6 is 0 Å². The molecule has 4 aromatic rings. The molecule has 0 saturated heterocycles. The first kappa shape index (κ1) is 17.6. The van der Waals surface area contributed by atoms with E-state index in [1.54, 1.807) is 0 Å². The molecule has 1 aliphatic heterocycles. The smallest absolute Gasteiger partial charge is 0.163 e. The number of nitrogens with one attached hydrogen (secondary N) is 1. The Morgan fingerprint density at radius 1 is 0.897 bits per heavy atom. The zero-order valence-corrected chi connectivity index (χ0v) is 16.8. The second kappa shape index (κ2) is 6.85. The van der Waals surface area contributed by atoms with E-state index in [1.807, 2.05) is 18.2 Å². The molecule has 1 N–H and O–H groups in total. The molecule has 0 saturated carbocycles. The van der Waals surface area contributed by atoms with Crippen LogP contribution in [-0.4, -0.2) is 22.6 Å². The van der Waals surface area contributed by atoms with Crippen molar-refractivity contribution < 1.29 is 9.47 Å². The molecule has 0 atom stereocenters. The van der Waals surface area contributed by atoms with Gasteiger partial charge in [0.15, 0.2) is 11.5 Å². The molecule has 3 heterocycles. The van der Waals surface area contributed by atoms with E-state index in [1.165, 1.54) is 16.7 Å². The lowest BCUT2D eigenvalue weighted by Crippen LogP contribution is -2.15. The minimum atomic E-state index is 0.568. The number of nitrogens with zero attached hydrogens (tertiary/aromatic N) is 2. The van der Waals surface area contributed by atoms with Crippen molar-refractivity contribution in [1.29, 1.82) is 0 Å². The quantitative estimate of drug-likeness (QED) is 0.510. The van der Waals surface area contributed by atoms with Gasteiger partial charge in [-0.3, -0.25) is 4.40 Å². The Kier molecular flexibility index (Phi) is 4.16. The minimum absolute atomic E-state index is 0.568. The molecule has 29 heavy (non-hydrogen) atoms. The maximum absolute atomic E-state index is 5.76. The topological polar surface area (TPSA) is 47.8 Å². The largest absolute Gasteiger partial charge is 0.486 e. The van der Waals surface area contributed by atoms with Crippen LogP contribution in [0.25, 0.3) is 16.9 Å². The van der Waals surface area contributed by atoms with Crippen LogP contribution in [0.3, 0.4) is 0 Å². The Bertz CT molecular complexity index is 1210. The molecule has 0 amide bonds. The van der Waals surface area contributed by atoms with Crippen molar-refractivity contribution in [3.63, 3.8) is 0 Å². The first-order valence-corrected chi connectivity index (χ1v) is 9.82. The van der Waals surface area contributed by atoms with Crippen LogP contribution in [0.4, 0.5) is 11.5 Å². The fourth-order valence-corrected chi connectivity index (χ4v) is 3.89. The number of hydrogen-bond acceptors (Lipinski definition) is 4. The van der Waals surface area contributed by atoms with Crippen LogP contribution < -0.4 is 14.8 Å². The summed E-state index contributed by atoms with van der Waals surface area (Å²) in [5.74, 6) is 2.49. The number of fused-ring (bicyclic) bond motifs is 2. The van der Waals surface area contributed by atoms with Gasteiger partial charge in [0.05, 0.1) is 0 Å². The van der Waals surface area contributed by atoms with Crippen molar-refractivity contribution >= 4 is 17.2 Å². The maximum atomic E-state index is 5.76. The zero-order chi connectivity index (χ0) is 20.0. The average molecular weight is 385 g/mol.